The summed E-state index contributed by atoms with van der Waals surface area (Å²) in [6.45, 7) is 7.83. The number of nitrogens with zero attached hydrogens (tertiary/aromatic N) is 3. The molecule has 156 valence electrons. The summed E-state index contributed by atoms with van der Waals surface area (Å²) in [5, 5.41) is 4.44. The highest BCUT2D eigenvalue weighted by molar-refractivity contribution is 5.92. The number of fused-ring (bicyclic) bond motifs is 2. The summed E-state index contributed by atoms with van der Waals surface area (Å²) in [6, 6.07) is 8.86. The van der Waals surface area contributed by atoms with Crippen molar-refractivity contribution in [3.05, 3.63) is 53.1 Å². The minimum atomic E-state index is -0.0517. The van der Waals surface area contributed by atoms with E-state index in [9.17, 15) is 4.79 Å². The summed E-state index contributed by atoms with van der Waals surface area (Å²) in [7, 11) is 0. The van der Waals surface area contributed by atoms with Crippen molar-refractivity contribution in [3.8, 4) is 0 Å². The van der Waals surface area contributed by atoms with Crippen molar-refractivity contribution in [2.45, 2.75) is 52.0 Å². The third kappa shape index (κ3) is 3.29. The molecule has 2 aromatic heterocycles. The molecule has 0 spiro atoms. The van der Waals surface area contributed by atoms with Gasteiger partial charge in [0.15, 0.2) is 0 Å². The number of piperidine rings is 1. The highest BCUT2D eigenvalue weighted by Crippen LogP contribution is 2.44. The van der Waals surface area contributed by atoms with Gasteiger partial charge < -0.3 is 10.3 Å². The van der Waals surface area contributed by atoms with Crippen LogP contribution in [0.3, 0.4) is 0 Å². The molecule has 1 aromatic carbocycles. The van der Waals surface area contributed by atoms with Crippen LogP contribution >= 0.6 is 0 Å². The summed E-state index contributed by atoms with van der Waals surface area (Å²) in [5.41, 5.74) is 4.89. The van der Waals surface area contributed by atoms with E-state index in [-0.39, 0.29) is 11.8 Å². The van der Waals surface area contributed by atoms with Gasteiger partial charge >= 0.3 is 0 Å². The van der Waals surface area contributed by atoms with Crippen molar-refractivity contribution in [2.75, 3.05) is 18.4 Å². The zero-order chi connectivity index (χ0) is 20.8. The lowest BCUT2D eigenvalue weighted by Gasteiger charge is -2.46. The molecule has 6 heteroatoms. The molecule has 1 aliphatic carbocycles. The highest BCUT2D eigenvalue weighted by atomic mass is 16.2. The number of aromatic nitrogens is 3. The molecule has 2 aliphatic rings. The Morgan fingerprint density at radius 1 is 1.30 bits per heavy atom. The fourth-order valence-electron chi connectivity index (χ4n) is 5.54. The molecule has 3 aromatic rings. The number of hydrogen-bond donors (Lipinski definition) is 2. The van der Waals surface area contributed by atoms with E-state index in [0.29, 0.717) is 23.6 Å². The molecule has 30 heavy (non-hydrogen) atoms. The molecule has 1 fully saturated rings. The fourth-order valence-corrected chi connectivity index (χ4v) is 5.54. The molecule has 6 nitrogen and oxygen atoms in total. The number of rotatable bonds is 4. The van der Waals surface area contributed by atoms with Gasteiger partial charge in [-0.05, 0) is 56.8 Å². The third-order valence-electron chi connectivity index (χ3n) is 6.67. The lowest BCUT2D eigenvalue weighted by atomic mass is 9.72. The highest BCUT2D eigenvalue weighted by Gasteiger charge is 2.42. The maximum Gasteiger partial charge on any atom is 0.229 e. The van der Waals surface area contributed by atoms with Gasteiger partial charge in [-0.3, -0.25) is 9.69 Å². The van der Waals surface area contributed by atoms with E-state index < -0.39 is 0 Å². The molecule has 1 aliphatic heterocycles. The van der Waals surface area contributed by atoms with Crippen molar-refractivity contribution >= 4 is 22.6 Å². The van der Waals surface area contributed by atoms with Gasteiger partial charge in [0.2, 0.25) is 5.91 Å². The largest absolute Gasteiger partial charge is 0.361 e. The van der Waals surface area contributed by atoms with Crippen LogP contribution in [0.25, 0.3) is 10.9 Å². The number of hydrogen-bond acceptors (Lipinski definition) is 4. The van der Waals surface area contributed by atoms with E-state index >= 15 is 0 Å². The van der Waals surface area contributed by atoms with Gasteiger partial charge in [-0.2, -0.15) is 0 Å². The Labute approximate surface area is 177 Å². The van der Waals surface area contributed by atoms with Gasteiger partial charge in [-0.1, -0.05) is 19.1 Å². The maximum atomic E-state index is 13.2. The third-order valence-corrected chi connectivity index (χ3v) is 6.67. The average Bonchev–Trinajstić information content (AvgIpc) is 3.12. The van der Waals surface area contributed by atoms with E-state index in [1.165, 1.54) is 22.0 Å². The second kappa shape index (κ2) is 7.51. The summed E-state index contributed by atoms with van der Waals surface area (Å²) >= 11 is 0. The lowest BCUT2D eigenvalue weighted by Crippen LogP contribution is -2.52. The molecule has 1 amide bonds. The number of likely N-dealkylation sites (tertiary alicyclic amines) is 1. The van der Waals surface area contributed by atoms with Crippen LogP contribution in [0.4, 0.5) is 5.82 Å². The minimum absolute atomic E-state index is 0.0517. The topological polar surface area (TPSA) is 73.9 Å². The SMILES string of the molecule is CCCN1C[C@@H](C(=O)Nc2cc(C)nc(C)n2)CC2c3cccc4[nH]cc(c34)C[C@H]21. The van der Waals surface area contributed by atoms with Crippen molar-refractivity contribution in [3.63, 3.8) is 0 Å². The Kier molecular flexibility index (Phi) is 4.82. The predicted molar refractivity (Wildman–Crippen MR) is 119 cm³/mol. The summed E-state index contributed by atoms with van der Waals surface area (Å²) in [6.07, 6.45) is 5.20. The van der Waals surface area contributed by atoms with Crippen LogP contribution < -0.4 is 5.32 Å². The number of anilines is 1. The van der Waals surface area contributed by atoms with Gasteiger partial charge in [-0.25, -0.2) is 9.97 Å². The molecule has 1 saturated heterocycles. The van der Waals surface area contributed by atoms with Gasteiger partial charge in [0.1, 0.15) is 11.6 Å². The normalized spacial score (nSPS) is 23.4. The Balaban J connectivity index is 1.45. The van der Waals surface area contributed by atoms with Crippen LogP contribution in [-0.2, 0) is 11.2 Å². The Bertz CT molecular complexity index is 1080. The summed E-state index contributed by atoms with van der Waals surface area (Å²) in [4.78, 5) is 27.9. The van der Waals surface area contributed by atoms with Crippen molar-refractivity contribution < 1.29 is 4.79 Å². The van der Waals surface area contributed by atoms with Gasteiger partial charge in [0.25, 0.3) is 0 Å². The molecule has 3 atom stereocenters. The van der Waals surface area contributed by atoms with Crippen LogP contribution in [0.2, 0.25) is 0 Å². The molecule has 0 radical (unpaired) electrons. The molecular weight excluding hydrogens is 374 g/mol. The predicted octanol–water partition coefficient (Wildman–Crippen LogP) is 3.95. The monoisotopic (exact) mass is 403 g/mol. The van der Waals surface area contributed by atoms with Crippen molar-refractivity contribution in [1.82, 2.24) is 19.9 Å². The minimum Gasteiger partial charge on any atom is -0.361 e. The number of aryl methyl sites for hydroxylation is 2. The van der Waals surface area contributed by atoms with Crippen LogP contribution in [0.15, 0.2) is 30.5 Å². The molecule has 1 unspecified atom stereocenters. The van der Waals surface area contributed by atoms with Crippen LogP contribution in [0.1, 0.15) is 48.3 Å². The van der Waals surface area contributed by atoms with Crippen LogP contribution in [0, 0.1) is 19.8 Å². The molecule has 2 N–H and O–H groups in total. The summed E-state index contributed by atoms with van der Waals surface area (Å²) in [5.74, 6) is 1.68. The standard InChI is InChI=1S/C24H29N5O/c1-4-8-29-13-17(24(30)28-22-9-14(2)26-15(3)27-22)10-19-18-6-5-7-20-23(18)16(12-25-20)11-21(19)29/h5-7,9,12,17,19,21,25H,4,8,10-11,13H2,1-3H3,(H,26,27,28,30)/t17-,19?,21+/m0/s1. The Morgan fingerprint density at radius 2 is 2.17 bits per heavy atom. The van der Waals surface area contributed by atoms with Crippen molar-refractivity contribution in [1.29, 1.82) is 0 Å². The van der Waals surface area contributed by atoms with Crippen LogP contribution in [-0.4, -0.2) is 44.9 Å². The molecule has 3 heterocycles. The quantitative estimate of drug-likeness (QED) is 0.692. The van der Waals surface area contributed by atoms with E-state index in [1.807, 2.05) is 19.9 Å². The fraction of sp³-hybridized carbons (Fsp3) is 0.458. The number of amides is 1. The molecular formula is C24H29N5O. The lowest BCUT2D eigenvalue weighted by molar-refractivity contribution is -0.122. The smallest absolute Gasteiger partial charge is 0.229 e. The first-order chi connectivity index (χ1) is 14.5. The first kappa shape index (κ1) is 19.2. The van der Waals surface area contributed by atoms with E-state index in [4.69, 9.17) is 0 Å². The number of carbonyl (C=O) groups is 1. The molecule has 0 saturated carbocycles. The van der Waals surface area contributed by atoms with Crippen molar-refractivity contribution in [2.24, 2.45) is 5.92 Å². The second-order valence-corrected chi connectivity index (χ2v) is 8.82. The Hall–Kier alpha value is -2.73. The second-order valence-electron chi connectivity index (χ2n) is 8.82. The van der Waals surface area contributed by atoms with Gasteiger partial charge in [-0.15, -0.1) is 0 Å². The zero-order valence-corrected chi connectivity index (χ0v) is 17.9. The molecule has 5 rings (SSSR count). The van der Waals surface area contributed by atoms with E-state index in [0.717, 1.165) is 38.0 Å². The van der Waals surface area contributed by atoms with Gasteiger partial charge in [0, 0.05) is 47.4 Å². The first-order valence-corrected chi connectivity index (χ1v) is 11.0. The number of carbonyl (C=O) groups excluding carboxylic acids is 1. The average molecular weight is 404 g/mol. The van der Waals surface area contributed by atoms with Crippen LogP contribution in [0.5, 0.6) is 0 Å². The first-order valence-electron chi connectivity index (χ1n) is 11.0. The number of aromatic amines is 1. The number of benzene rings is 1. The maximum absolute atomic E-state index is 13.2. The molecule has 0 bridgehead atoms. The van der Waals surface area contributed by atoms with Gasteiger partial charge in [0.05, 0.1) is 5.92 Å². The van der Waals surface area contributed by atoms with E-state index in [2.05, 4.69) is 56.5 Å². The zero-order valence-electron chi connectivity index (χ0n) is 17.9. The number of nitrogens with one attached hydrogen (secondary N) is 2. The Morgan fingerprint density at radius 3 is 2.97 bits per heavy atom. The summed E-state index contributed by atoms with van der Waals surface area (Å²) < 4.78 is 0. The number of H-pyrrole nitrogens is 1. The van der Waals surface area contributed by atoms with E-state index in [1.54, 1.807) is 0 Å².